The second kappa shape index (κ2) is 8.18. The number of aryl methyl sites for hydroxylation is 1. The minimum Gasteiger partial charge on any atom is -0.390 e. The van der Waals surface area contributed by atoms with Crippen LogP contribution in [-0.2, 0) is 13.0 Å². The lowest BCUT2D eigenvalue weighted by molar-refractivity contribution is 0.0713. The molecule has 0 saturated carbocycles. The van der Waals surface area contributed by atoms with Gasteiger partial charge < -0.3 is 14.9 Å². The summed E-state index contributed by atoms with van der Waals surface area (Å²) < 4.78 is 5.30. The van der Waals surface area contributed by atoms with Crippen LogP contribution in [0, 0.1) is 0 Å². The van der Waals surface area contributed by atoms with Gasteiger partial charge in [0.05, 0.1) is 12.1 Å². The van der Waals surface area contributed by atoms with Crippen molar-refractivity contribution in [3.8, 4) is 11.3 Å². The molecule has 0 aliphatic carbocycles. The second-order valence-electron chi connectivity index (χ2n) is 7.24. The molecule has 1 aromatic heterocycles. The summed E-state index contributed by atoms with van der Waals surface area (Å²) in [7, 11) is 0. The maximum atomic E-state index is 12.3. The quantitative estimate of drug-likeness (QED) is 0.665. The van der Waals surface area contributed by atoms with E-state index in [9.17, 15) is 9.90 Å². The van der Waals surface area contributed by atoms with Gasteiger partial charge in [0.1, 0.15) is 5.69 Å². The highest BCUT2D eigenvalue weighted by atomic mass is 16.5. The molecular formula is C22H24N2O3. The Balaban J connectivity index is 1.54. The first kappa shape index (κ1) is 18.9. The summed E-state index contributed by atoms with van der Waals surface area (Å²) >= 11 is 0. The molecule has 0 unspecified atom stereocenters. The highest BCUT2D eigenvalue weighted by Crippen LogP contribution is 2.18. The molecular weight excluding hydrogens is 340 g/mol. The van der Waals surface area contributed by atoms with E-state index in [1.165, 1.54) is 0 Å². The summed E-state index contributed by atoms with van der Waals surface area (Å²) in [6.07, 6.45) is 1.44. The van der Waals surface area contributed by atoms with Crippen LogP contribution < -0.4 is 5.32 Å². The smallest absolute Gasteiger partial charge is 0.251 e. The monoisotopic (exact) mass is 364 g/mol. The molecule has 27 heavy (non-hydrogen) atoms. The third kappa shape index (κ3) is 5.53. The van der Waals surface area contributed by atoms with Gasteiger partial charge in [-0.15, -0.1) is 0 Å². The van der Waals surface area contributed by atoms with Crippen LogP contribution in [0.3, 0.4) is 0 Å². The number of aromatic nitrogens is 1. The molecule has 5 heteroatoms. The number of carbonyl (C=O) groups excluding carboxylic acids is 1. The maximum absolute atomic E-state index is 12.3. The first-order valence-corrected chi connectivity index (χ1v) is 9.01. The zero-order chi connectivity index (χ0) is 19.3. The van der Waals surface area contributed by atoms with Crippen LogP contribution in [0.4, 0.5) is 0 Å². The summed E-state index contributed by atoms with van der Waals surface area (Å²) in [5.41, 5.74) is 2.71. The van der Waals surface area contributed by atoms with Gasteiger partial charge in [-0.05, 0) is 44.4 Å². The molecule has 3 rings (SSSR count). The lowest BCUT2D eigenvalue weighted by Crippen LogP contribution is -2.22. The summed E-state index contributed by atoms with van der Waals surface area (Å²) in [6, 6.07) is 19.0. The standard InChI is InChI=1S/C22H24N2O3/c1-22(2,26)13-12-16-8-10-18(11-9-16)21(25)23-15-19-14-20(24-27-19)17-6-4-3-5-7-17/h3-11,14,26H,12-13,15H2,1-2H3,(H,23,25). The van der Waals surface area contributed by atoms with E-state index in [1.54, 1.807) is 26.0 Å². The number of benzene rings is 2. The van der Waals surface area contributed by atoms with E-state index in [0.717, 1.165) is 23.2 Å². The van der Waals surface area contributed by atoms with Gasteiger partial charge in [-0.25, -0.2) is 0 Å². The highest BCUT2D eigenvalue weighted by molar-refractivity contribution is 5.94. The Kier molecular flexibility index (Phi) is 5.72. The third-order valence-corrected chi connectivity index (χ3v) is 4.29. The average molecular weight is 364 g/mol. The van der Waals surface area contributed by atoms with Crippen molar-refractivity contribution in [3.05, 3.63) is 77.6 Å². The van der Waals surface area contributed by atoms with E-state index in [-0.39, 0.29) is 12.5 Å². The van der Waals surface area contributed by atoms with E-state index >= 15 is 0 Å². The third-order valence-electron chi connectivity index (χ3n) is 4.29. The number of amides is 1. The number of carbonyl (C=O) groups is 1. The number of aliphatic hydroxyl groups is 1. The van der Waals surface area contributed by atoms with Crippen molar-refractivity contribution in [2.24, 2.45) is 0 Å². The molecule has 5 nitrogen and oxygen atoms in total. The van der Waals surface area contributed by atoms with Gasteiger partial charge >= 0.3 is 0 Å². The number of nitrogens with zero attached hydrogens (tertiary/aromatic N) is 1. The molecule has 3 aromatic rings. The van der Waals surface area contributed by atoms with Crippen LogP contribution in [0.25, 0.3) is 11.3 Å². The topological polar surface area (TPSA) is 75.4 Å². The minimum atomic E-state index is -0.689. The Labute approximate surface area is 159 Å². The van der Waals surface area contributed by atoms with Gasteiger partial charge in [-0.3, -0.25) is 4.79 Å². The Morgan fingerprint density at radius 3 is 2.48 bits per heavy atom. The SMILES string of the molecule is CC(C)(O)CCc1ccc(C(=O)NCc2cc(-c3ccccc3)no2)cc1. The van der Waals surface area contributed by atoms with Crippen LogP contribution in [-0.4, -0.2) is 21.8 Å². The fraction of sp³-hybridized carbons (Fsp3) is 0.273. The number of rotatable bonds is 7. The molecule has 0 fully saturated rings. The Bertz CT molecular complexity index is 878. The zero-order valence-corrected chi connectivity index (χ0v) is 15.6. The molecule has 140 valence electrons. The number of hydrogen-bond donors (Lipinski definition) is 2. The molecule has 2 aromatic carbocycles. The van der Waals surface area contributed by atoms with Gasteiger partial charge in [-0.1, -0.05) is 47.6 Å². The molecule has 0 atom stereocenters. The molecule has 0 aliphatic heterocycles. The Morgan fingerprint density at radius 2 is 1.81 bits per heavy atom. The van der Waals surface area contributed by atoms with Gasteiger partial charge in [-0.2, -0.15) is 0 Å². The lowest BCUT2D eigenvalue weighted by atomic mass is 9.98. The molecule has 1 heterocycles. The van der Waals surface area contributed by atoms with Crippen molar-refractivity contribution in [1.29, 1.82) is 0 Å². The molecule has 2 N–H and O–H groups in total. The maximum Gasteiger partial charge on any atom is 0.251 e. The van der Waals surface area contributed by atoms with Crippen molar-refractivity contribution >= 4 is 5.91 Å². The lowest BCUT2D eigenvalue weighted by Gasteiger charge is -2.16. The minimum absolute atomic E-state index is 0.165. The average Bonchev–Trinajstić information content (AvgIpc) is 3.14. The van der Waals surface area contributed by atoms with E-state index in [2.05, 4.69) is 10.5 Å². The normalized spacial score (nSPS) is 11.4. The Morgan fingerprint density at radius 1 is 1.11 bits per heavy atom. The van der Waals surface area contributed by atoms with Gasteiger partial charge in [0.25, 0.3) is 5.91 Å². The van der Waals surface area contributed by atoms with E-state index < -0.39 is 5.60 Å². The predicted octanol–water partition coefficient (Wildman–Crippen LogP) is 3.98. The zero-order valence-electron chi connectivity index (χ0n) is 15.6. The fourth-order valence-electron chi connectivity index (χ4n) is 2.68. The van der Waals surface area contributed by atoms with Crippen molar-refractivity contribution in [1.82, 2.24) is 10.5 Å². The molecule has 1 amide bonds. The Hall–Kier alpha value is -2.92. The fourth-order valence-corrected chi connectivity index (χ4v) is 2.68. The van der Waals surface area contributed by atoms with Crippen LogP contribution in [0.2, 0.25) is 0 Å². The van der Waals surface area contributed by atoms with Crippen molar-refractivity contribution in [2.75, 3.05) is 0 Å². The molecule has 0 saturated heterocycles. The van der Waals surface area contributed by atoms with Gasteiger partial charge in [0, 0.05) is 17.2 Å². The van der Waals surface area contributed by atoms with Crippen LogP contribution in [0.15, 0.2) is 65.2 Å². The molecule has 0 aliphatic rings. The van der Waals surface area contributed by atoms with Crippen molar-refractivity contribution in [3.63, 3.8) is 0 Å². The molecule has 0 radical (unpaired) electrons. The van der Waals surface area contributed by atoms with Crippen molar-refractivity contribution < 1.29 is 14.4 Å². The van der Waals surface area contributed by atoms with Crippen LogP contribution in [0.1, 0.15) is 41.9 Å². The number of nitrogens with one attached hydrogen (secondary N) is 1. The van der Waals surface area contributed by atoms with E-state index in [1.807, 2.05) is 48.5 Å². The summed E-state index contributed by atoms with van der Waals surface area (Å²) in [6.45, 7) is 3.86. The number of hydrogen-bond acceptors (Lipinski definition) is 4. The van der Waals surface area contributed by atoms with E-state index in [4.69, 9.17) is 4.52 Å². The second-order valence-corrected chi connectivity index (χ2v) is 7.24. The molecule has 0 bridgehead atoms. The van der Waals surface area contributed by atoms with E-state index in [0.29, 0.717) is 17.7 Å². The van der Waals surface area contributed by atoms with Crippen molar-refractivity contribution in [2.45, 2.75) is 38.8 Å². The summed E-state index contributed by atoms with van der Waals surface area (Å²) in [4.78, 5) is 12.3. The summed E-state index contributed by atoms with van der Waals surface area (Å²) in [5, 5.41) is 16.7. The summed E-state index contributed by atoms with van der Waals surface area (Å²) in [5.74, 6) is 0.436. The van der Waals surface area contributed by atoms with Crippen LogP contribution >= 0.6 is 0 Å². The van der Waals surface area contributed by atoms with Crippen LogP contribution in [0.5, 0.6) is 0 Å². The highest BCUT2D eigenvalue weighted by Gasteiger charge is 2.13. The predicted molar refractivity (Wildman–Crippen MR) is 104 cm³/mol. The van der Waals surface area contributed by atoms with Gasteiger partial charge in [0.15, 0.2) is 5.76 Å². The first-order chi connectivity index (χ1) is 12.9. The largest absolute Gasteiger partial charge is 0.390 e. The molecule has 0 spiro atoms. The first-order valence-electron chi connectivity index (χ1n) is 9.01. The van der Waals surface area contributed by atoms with Gasteiger partial charge in [0.2, 0.25) is 0 Å².